The highest BCUT2D eigenvalue weighted by Crippen LogP contribution is 2.32. The van der Waals surface area contributed by atoms with Crippen molar-refractivity contribution >= 4 is 17.7 Å². The van der Waals surface area contributed by atoms with Gasteiger partial charge in [-0.2, -0.15) is 22.9 Å². The van der Waals surface area contributed by atoms with Gasteiger partial charge in [0.2, 0.25) is 0 Å². The Hall–Kier alpha value is -3.76. The van der Waals surface area contributed by atoms with E-state index in [1.807, 2.05) is 49.9 Å². The van der Waals surface area contributed by atoms with Gasteiger partial charge in [0.15, 0.2) is 12.4 Å². The van der Waals surface area contributed by atoms with Crippen molar-refractivity contribution in [3.05, 3.63) is 41.5 Å². The minimum absolute atomic E-state index is 0.0267. The number of rotatable bonds is 13. The second-order valence-corrected chi connectivity index (χ2v) is 13.7. The molecule has 3 aliphatic heterocycles. The first-order valence-corrected chi connectivity index (χ1v) is 17.3. The standard InChI is InChI=1S/C34H48F3N7O6/c1-33(2,3)50-31(46)12-20-47-22-23-48-21-19-41-15-17-43(18-16-41)30(45)24-49-27-6-4-25(5-7-27)26-10-13-42(14-11-26)29-9-8-28-38-39-32(34(35,36)37)44(28)40-29/h4-7,26H,8-24H2,1-3H3. The molecule has 2 saturated heterocycles. The van der Waals surface area contributed by atoms with Gasteiger partial charge in [-0.05, 0) is 57.2 Å². The van der Waals surface area contributed by atoms with Gasteiger partial charge >= 0.3 is 12.1 Å². The van der Waals surface area contributed by atoms with Crippen molar-refractivity contribution in [2.45, 2.75) is 70.6 Å². The van der Waals surface area contributed by atoms with Crippen molar-refractivity contribution in [2.75, 3.05) is 78.8 Å². The average molecular weight is 708 g/mol. The summed E-state index contributed by atoms with van der Waals surface area (Å²) in [6.45, 7) is 12.1. The maximum atomic E-state index is 13.3. The van der Waals surface area contributed by atoms with Gasteiger partial charge in [-0.25, -0.2) is 0 Å². The number of hydrogen-bond donors (Lipinski definition) is 0. The summed E-state index contributed by atoms with van der Waals surface area (Å²) in [4.78, 5) is 30.6. The Balaban J connectivity index is 0.935. The van der Waals surface area contributed by atoms with Crippen LogP contribution in [0.2, 0.25) is 0 Å². The molecule has 0 aliphatic carbocycles. The number of hydrogen-bond acceptors (Lipinski definition) is 11. The smallest absolute Gasteiger partial charge is 0.453 e. The number of fused-ring (bicyclic) bond motifs is 1. The number of carbonyl (C=O) groups excluding carboxylic acids is 2. The molecule has 1 amide bonds. The van der Waals surface area contributed by atoms with Crippen LogP contribution < -0.4 is 4.74 Å². The number of amidine groups is 1. The van der Waals surface area contributed by atoms with Crippen LogP contribution >= 0.6 is 0 Å². The first-order chi connectivity index (χ1) is 23.9. The van der Waals surface area contributed by atoms with Gasteiger partial charge in [-0.1, -0.05) is 12.1 Å². The summed E-state index contributed by atoms with van der Waals surface area (Å²) >= 11 is 0. The van der Waals surface area contributed by atoms with Crippen LogP contribution in [0.25, 0.3) is 0 Å². The predicted molar refractivity (Wildman–Crippen MR) is 177 cm³/mol. The Labute approximate surface area is 290 Å². The van der Waals surface area contributed by atoms with Gasteiger partial charge in [0.1, 0.15) is 17.2 Å². The average Bonchev–Trinajstić information content (AvgIpc) is 3.53. The molecule has 1 aromatic carbocycles. The number of piperidine rings is 1. The van der Waals surface area contributed by atoms with Gasteiger partial charge in [-0.15, -0.1) is 10.2 Å². The molecule has 4 heterocycles. The van der Waals surface area contributed by atoms with Crippen molar-refractivity contribution < 1.29 is 41.7 Å². The topological polar surface area (TPSA) is 124 Å². The Kier molecular flexibility index (Phi) is 12.7. The molecule has 0 unspecified atom stereocenters. The third kappa shape index (κ3) is 10.9. The first kappa shape index (κ1) is 37.5. The molecule has 0 saturated carbocycles. The second kappa shape index (κ2) is 17.0. The molecule has 1 aromatic heterocycles. The Bertz CT molecular complexity index is 1440. The van der Waals surface area contributed by atoms with Crippen LogP contribution in [-0.4, -0.2) is 132 Å². The van der Waals surface area contributed by atoms with Gasteiger partial charge in [0.25, 0.3) is 11.7 Å². The number of nitrogens with zero attached hydrogens (tertiary/aromatic N) is 7. The van der Waals surface area contributed by atoms with E-state index in [2.05, 4.69) is 25.1 Å². The fourth-order valence-corrected chi connectivity index (χ4v) is 6.19. The number of alkyl halides is 3. The number of halogens is 3. The zero-order valence-electron chi connectivity index (χ0n) is 29.1. The van der Waals surface area contributed by atoms with Crippen molar-refractivity contribution in [3.63, 3.8) is 0 Å². The summed E-state index contributed by atoms with van der Waals surface area (Å²) in [5, 5.41) is 11.2. The number of carbonyl (C=O) groups is 2. The van der Waals surface area contributed by atoms with Gasteiger partial charge in [0.05, 0.1) is 32.8 Å². The number of benzene rings is 1. The van der Waals surface area contributed by atoms with Crippen LogP contribution in [0, 0.1) is 0 Å². The number of ether oxygens (including phenoxy) is 4. The molecule has 276 valence electrons. The number of aryl methyl sites for hydroxylation is 1. The highest BCUT2D eigenvalue weighted by molar-refractivity contribution is 5.83. The number of aromatic nitrogens is 3. The van der Waals surface area contributed by atoms with E-state index in [4.69, 9.17) is 18.9 Å². The van der Waals surface area contributed by atoms with E-state index in [0.29, 0.717) is 83.0 Å². The molecule has 3 aliphatic rings. The maximum absolute atomic E-state index is 13.3. The predicted octanol–water partition coefficient (Wildman–Crippen LogP) is 3.57. The molecule has 0 atom stereocenters. The molecule has 0 spiro atoms. The number of esters is 1. The van der Waals surface area contributed by atoms with Crippen LogP contribution in [-0.2, 0) is 36.4 Å². The normalized spacial score (nSPS) is 17.8. The lowest BCUT2D eigenvalue weighted by Crippen LogP contribution is -2.50. The quantitative estimate of drug-likeness (QED) is 0.226. The van der Waals surface area contributed by atoms with Crippen LogP contribution in [0.5, 0.6) is 5.75 Å². The number of amides is 1. The van der Waals surface area contributed by atoms with E-state index >= 15 is 0 Å². The van der Waals surface area contributed by atoms with E-state index < -0.39 is 17.6 Å². The lowest BCUT2D eigenvalue weighted by molar-refractivity contribution is -0.156. The molecule has 16 heteroatoms. The summed E-state index contributed by atoms with van der Waals surface area (Å²) in [5.74, 6) is 0.401. The molecule has 13 nitrogen and oxygen atoms in total. The third-order valence-corrected chi connectivity index (χ3v) is 8.84. The molecule has 2 fully saturated rings. The van der Waals surface area contributed by atoms with E-state index in [1.54, 1.807) is 0 Å². The largest absolute Gasteiger partial charge is 0.484 e. The zero-order chi connectivity index (χ0) is 35.7. The van der Waals surface area contributed by atoms with Gasteiger partial charge < -0.3 is 28.7 Å². The number of piperazine rings is 1. The molecule has 5 rings (SSSR count). The lowest BCUT2D eigenvalue weighted by atomic mass is 9.89. The molecule has 0 bridgehead atoms. The molecule has 0 radical (unpaired) electrons. The monoisotopic (exact) mass is 707 g/mol. The zero-order valence-corrected chi connectivity index (χ0v) is 29.1. The van der Waals surface area contributed by atoms with Crippen LogP contribution in [0.3, 0.4) is 0 Å². The molecular formula is C34H48F3N7O6. The molecule has 50 heavy (non-hydrogen) atoms. The summed E-state index contributed by atoms with van der Waals surface area (Å²) in [7, 11) is 0. The summed E-state index contributed by atoms with van der Waals surface area (Å²) < 4.78 is 62.9. The van der Waals surface area contributed by atoms with Crippen molar-refractivity contribution in [3.8, 4) is 5.75 Å². The lowest BCUT2D eigenvalue weighted by Gasteiger charge is -2.35. The van der Waals surface area contributed by atoms with Crippen molar-refractivity contribution in [1.29, 1.82) is 0 Å². The van der Waals surface area contributed by atoms with E-state index in [-0.39, 0.29) is 30.7 Å². The summed E-state index contributed by atoms with van der Waals surface area (Å²) in [6, 6.07) is 7.82. The second-order valence-electron chi connectivity index (χ2n) is 13.7. The van der Waals surface area contributed by atoms with Gasteiger partial charge in [0, 0.05) is 58.7 Å². The SMILES string of the molecule is CC(C)(C)OC(=O)CCOCCOCCN1CCN(C(=O)COc2ccc(C3CCN(C4=Nn5c(nnc5C(F)(F)F)CC4)CC3)cc2)CC1. The van der Waals surface area contributed by atoms with E-state index in [9.17, 15) is 22.8 Å². The maximum Gasteiger partial charge on any atom is 0.453 e. The fourth-order valence-electron chi connectivity index (χ4n) is 6.19. The highest BCUT2D eigenvalue weighted by Gasteiger charge is 2.40. The van der Waals surface area contributed by atoms with Crippen LogP contribution in [0.1, 0.15) is 69.6 Å². The molecule has 2 aromatic rings. The summed E-state index contributed by atoms with van der Waals surface area (Å²) in [5.41, 5.74) is 0.673. The third-order valence-electron chi connectivity index (χ3n) is 8.84. The molecular weight excluding hydrogens is 659 g/mol. The fraction of sp³-hybridized carbons (Fsp3) is 0.676. The Morgan fingerprint density at radius 2 is 1.54 bits per heavy atom. The highest BCUT2D eigenvalue weighted by atomic mass is 19.4. The number of likely N-dealkylation sites (tertiary alicyclic amines) is 1. The van der Waals surface area contributed by atoms with Crippen molar-refractivity contribution in [2.24, 2.45) is 5.10 Å². The van der Waals surface area contributed by atoms with Gasteiger partial charge in [-0.3, -0.25) is 14.5 Å². The summed E-state index contributed by atoms with van der Waals surface area (Å²) in [6.07, 6.45) is -1.78. The first-order valence-electron chi connectivity index (χ1n) is 17.3. The molecule has 0 N–H and O–H groups in total. The minimum Gasteiger partial charge on any atom is -0.484 e. The van der Waals surface area contributed by atoms with E-state index in [0.717, 1.165) is 37.2 Å². The van der Waals surface area contributed by atoms with Crippen LogP contribution in [0.15, 0.2) is 29.4 Å². The minimum atomic E-state index is -4.61. The van der Waals surface area contributed by atoms with Crippen LogP contribution in [0.4, 0.5) is 13.2 Å². The van der Waals surface area contributed by atoms with E-state index in [1.165, 1.54) is 5.56 Å². The van der Waals surface area contributed by atoms with Crippen molar-refractivity contribution in [1.82, 2.24) is 29.6 Å². The Morgan fingerprint density at radius 1 is 0.860 bits per heavy atom. The Morgan fingerprint density at radius 3 is 2.20 bits per heavy atom.